The van der Waals surface area contributed by atoms with Gasteiger partial charge in [-0.05, 0) is 18.4 Å². The molecule has 1 aliphatic carbocycles. The molecule has 1 saturated carbocycles. The molecule has 0 spiro atoms. The highest BCUT2D eigenvalue weighted by molar-refractivity contribution is 6.15. The predicted molar refractivity (Wildman–Crippen MR) is 95.2 cm³/mol. The van der Waals surface area contributed by atoms with Crippen molar-refractivity contribution in [1.82, 2.24) is 0 Å². The van der Waals surface area contributed by atoms with E-state index < -0.39 is 0 Å². The van der Waals surface area contributed by atoms with Crippen LogP contribution in [0.5, 0.6) is 0 Å². The summed E-state index contributed by atoms with van der Waals surface area (Å²) in [4.78, 5) is 17.6. The molecule has 1 aliphatic rings. The van der Waals surface area contributed by atoms with Gasteiger partial charge in [-0.15, -0.1) is 0 Å². The SMILES string of the molecule is O=C(CC(=NC1CCCCC1)c1ccccc1)c1ccccc1. The second-order valence-corrected chi connectivity index (χ2v) is 6.20. The molecule has 0 amide bonds. The molecule has 0 atom stereocenters. The van der Waals surface area contributed by atoms with Gasteiger partial charge in [0.15, 0.2) is 5.78 Å². The van der Waals surface area contributed by atoms with E-state index in [1.165, 1.54) is 19.3 Å². The lowest BCUT2D eigenvalue weighted by molar-refractivity contribution is 0.100. The molecule has 0 saturated heterocycles. The topological polar surface area (TPSA) is 29.4 Å². The number of aliphatic imine (C=N–C) groups is 1. The maximum Gasteiger partial charge on any atom is 0.168 e. The Hall–Kier alpha value is -2.22. The normalized spacial score (nSPS) is 16.3. The molecular weight excluding hydrogens is 282 g/mol. The minimum absolute atomic E-state index is 0.143. The number of rotatable bonds is 5. The molecule has 2 heteroatoms. The van der Waals surface area contributed by atoms with Gasteiger partial charge in [0.25, 0.3) is 0 Å². The summed E-state index contributed by atoms with van der Waals surface area (Å²) in [5.41, 5.74) is 2.77. The van der Waals surface area contributed by atoms with Crippen molar-refractivity contribution in [2.24, 2.45) is 4.99 Å². The quantitative estimate of drug-likeness (QED) is 0.559. The number of Topliss-reactive ketones (excluding diaryl/α,β-unsaturated/α-hetero) is 1. The van der Waals surface area contributed by atoms with Crippen molar-refractivity contribution < 1.29 is 4.79 Å². The van der Waals surface area contributed by atoms with Crippen LogP contribution in [0.1, 0.15) is 54.4 Å². The second-order valence-electron chi connectivity index (χ2n) is 6.20. The Balaban J connectivity index is 1.83. The zero-order valence-corrected chi connectivity index (χ0v) is 13.4. The molecule has 1 fully saturated rings. The third-order valence-corrected chi connectivity index (χ3v) is 4.44. The van der Waals surface area contributed by atoms with Crippen molar-refractivity contribution in [2.75, 3.05) is 0 Å². The summed E-state index contributed by atoms with van der Waals surface area (Å²) in [6.07, 6.45) is 6.50. The van der Waals surface area contributed by atoms with Gasteiger partial charge in [-0.3, -0.25) is 9.79 Å². The average molecular weight is 305 g/mol. The lowest BCUT2D eigenvalue weighted by atomic mass is 9.94. The average Bonchev–Trinajstić information content (AvgIpc) is 2.63. The number of carbonyl (C=O) groups is 1. The van der Waals surface area contributed by atoms with Crippen LogP contribution >= 0.6 is 0 Å². The smallest absolute Gasteiger partial charge is 0.168 e. The third-order valence-electron chi connectivity index (χ3n) is 4.44. The van der Waals surface area contributed by atoms with E-state index in [9.17, 15) is 4.79 Å². The summed E-state index contributed by atoms with van der Waals surface area (Å²) in [7, 11) is 0. The summed E-state index contributed by atoms with van der Waals surface area (Å²) in [5.74, 6) is 0.143. The van der Waals surface area contributed by atoms with Gasteiger partial charge in [0.1, 0.15) is 0 Å². The van der Waals surface area contributed by atoms with Crippen LogP contribution in [0.3, 0.4) is 0 Å². The number of nitrogens with zero attached hydrogens (tertiary/aromatic N) is 1. The van der Waals surface area contributed by atoms with Crippen LogP contribution in [-0.2, 0) is 0 Å². The summed E-state index contributed by atoms with van der Waals surface area (Å²) in [6, 6.07) is 20.0. The first-order valence-corrected chi connectivity index (χ1v) is 8.53. The van der Waals surface area contributed by atoms with Crippen molar-refractivity contribution >= 4 is 11.5 Å². The van der Waals surface area contributed by atoms with Crippen molar-refractivity contribution in [1.29, 1.82) is 0 Å². The Labute approximate surface area is 138 Å². The molecule has 0 aliphatic heterocycles. The zero-order valence-electron chi connectivity index (χ0n) is 13.4. The van der Waals surface area contributed by atoms with Gasteiger partial charge in [0.2, 0.25) is 0 Å². The highest BCUT2D eigenvalue weighted by Gasteiger charge is 2.16. The molecule has 2 aromatic carbocycles. The van der Waals surface area contributed by atoms with E-state index in [4.69, 9.17) is 4.99 Å². The van der Waals surface area contributed by atoms with Crippen molar-refractivity contribution in [3.8, 4) is 0 Å². The molecule has 23 heavy (non-hydrogen) atoms. The van der Waals surface area contributed by atoms with Gasteiger partial charge in [-0.1, -0.05) is 79.9 Å². The molecule has 0 heterocycles. The van der Waals surface area contributed by atoms with Crippen LogP contribution < -0.4 is 0 Å². The fourth-order valence-electron chi connectivity index (χ4n) is 3.16. The van der Waals surface area contributed by atoms with E-state index in [1.807, 2.05) is 48.5 Å². The Kier molecular flexibility index (Phi) is 5.36. The minimum atomic E-state index is 0.143. The van der Waals surface area contributed by atoms with Gasteiger partial charge >= 0.3 is 0 Å². The second kappa shape index (κ2) is 7.87. The molecule has 2 aromatic rings. The zero-order chi connectivity index (χ0) is 15.9. The largest absolute Gasteiger partial charge is 0.294 e. The number of ketones is 1. The number of hydrogen-bond donors (Lipinski definition) is 0. The van der Waals surface area contributed by atoms with E-state index in [0.29, 0.717) is 12.5 Å². The molecule has 0 bridgehead atoms. The maximum absolute atomic E-state index is 12.6. The Morgan fingerprint density at radius 1 is 0.826 bits per heavy atom. The minimum Gasteiger partial charge on any atom is -0.294 e. The van der Waals surface area contributed by atoms with Gasteiger partial charge in [0.05, 0.1) is 18.2 Å². The summed E-state index contributed by atoms with van der Waals surface area (Å²) in [5, 5.41) is 0. The number of carbonyl (C=O) groups excluding carboxylic acids is 1. The van der Waals surface area contributed by atoms with Crippen LogP contribution in [0.4, 0.5) is 0 Å². The molecule has 3 rings (SSSR count). The van der Waals surface area contributed by atoms with Crippen LogP contribution in [0.25, 0.3) is 0 Å². The van der Waals surface area contributed by atoms with Gasteiger partial charge in [-0.2, -0.15) is 0 Å². The molecule has 0 aromatic heterocycles. The molecule has 0 unspecified atom stereocenters. The fraction of sp³-hybridized carbons (Fsp3) is 0.333. The molecule has 0 radical (unpaired) electrons. The first kappa shape index (κ1) is 15.7. The fourth-order valence-corrected chi connectivity index (χ4v) is 3.16. The van der Waals surface area contributed by atoms with Crippen LogP contribution in [0, 0.1) is 0 Å². The highest BCUT2D eigenvalue weighted by atomic mass is 16.1. The Morgan fingerprint density at radius 3 is 2.00 bits per heavy atom. The molecule has 2 nitrogen and oxygen atoms in total. The first-order chi connectivity index (χ1) is 11.3. The summed E-state index contributed by atoms with van der Waals surface area (Å²) in [6.45, 7) is 0. The maximum atomic E-state index is 12.6. The van der Waals surface area contributed by atoms with Gasteiger partial charge < -0.3 is 0 Å². The Bertz CT molecular complexity index is 655. The van der Waals surface area contributed by atoms with E-state index in [1.54, 1.807) is 0 Å². The van der Waals surface area contributed by atoms with Crippen molar-refractivity contribution in [3.63, 3.8) is 0 Å². The monoisotopic (exact) mass is 305 g/mol. The van der Waals surface area contributed by atoms with Crippen molar-refractivity contribution in [3.05, 3.63) is 71.8 Å². The summed E-state index contributed by atoms with van der Waals surface area (Å²) >= 11 is 0. The third kappa shape index (κ3) is 4.38. The first-order valence-electron chi connectivity index (χ1n) is 8.53. The van der Waals surface area contributed by atoms with Crippen LogP contribution in [0.15, 0.2) is 65.7 Å². The molecule has 0 N–H and O–H groups in total. The van der Waals surface area contributed by atoms with Crippen LogP contribution in [-0.4, -0.2) is 17.5 Å². The van der Waals surface area contributed by atoms with E-state index >= 15 is 0 Å². The predicted octanol–water partition coefficient (Wildman–Crippen LogP) is 5.08. The lowest BCUT2D eigenvalue weighted by Crippen LogP contribution is -2.16. The van der Waals surface area contributed by atoms with Gasteiger partial charge in [-0.25, -0.2) is 0 Å². The van der Waals surface area contributed by atoms with E-state index in [-0.39, 0.29) is 5.78 Å². The highest BCUT2D eigenvalue weighted by Crippen LogP contribution is 2.22. The van der Waals surface area contributed by atoms with Crippen molar-refractivity contribution in [2.45, 2.75) is 44.6 Å². The Morgan fingerprint density at radius 2 is 1.39 bits per heavy atom. The van der Waals surface area contributed by atoms with Crippen LogP contribution in [0.2, 0.25) is 0 Å². The number of hydrogen-bond acceptors (Lipinski definition) is 2. The summed E-state index contributed by atoms with van der Waals surface area (Å²) < 4.78 is 0. The molecular formula is C21H23NO. The van der Waals surface area contributed by atoms with E-state index in [0.717, 1.165) is 29.7 Å². The lowest BCUT2D eigenvalue weighted by Gasteiger charge is -2.19. The van der Waals surface area contributed by atoms with E-state index in [2.05, 4.69) is 12.1 Å². The number of benzene rings is 2. The molecule has 118 valence electrons. The standard InChI is InChI=1S/C21H23NO/c23-21(18-12-6-2-7-13-18)16-20(17-10-4-1-5-11-17)22-19-14-8-3-9-15-19/h1-2,4-7,10-13,19H,3,8-9,14-16H2. The van der Waals surface area contributed by atoms with Gasteiger partial charge in [0, 0.05) is 5.56 Å².